The van der Waals surface area contributed by atoms with Crippen LogP contribution in [-0.4, -0.2) is 16.6 Å². The number of nitro groups is 1. The number of thioether (sulfide) groups is 1. The molecular weight excluding hydrogens is 336 g/mol. The van der Waals surface area contributed by atoms with E-state index in [1.54, 1.807) is 13.0 Å². The predicted molar refractivity (Wildman–Crippen MR) is 94.1 cm³/mol. The smallest absolute Gasteiger partial charge is 0.269 e. The first kappa shape index (κ1) is 17.3. The van der Waals surface area contributed by atoms with E-state index in [4.69, 9.17) is 11.6 Å². The molecular formula is C16H15ClN2O3S. The molecule has 1 amide bonds. The number of aryl methyl sites for hydroxylation is 1. The van der Waals surface area contributed by atoms with Crippen molar-refractivity contribution in [3.05, 3.63) is 68.7 Å². The lowest BCUT2D eigenvalue weighted by Crippen LogP contribution is -2.15. The van der Waals surface area contributed by atoms with E-state index in [1.165, 1.54) is 23.9 Å². The van der Waals surface area contributed by atoms with Crippen molar-refractivity contribution in [1.82, 2.24) is 0 Å². The Morgan fingerprint density at radius 1 is 1.26 bits per heavy atom. The second-order valence-corrected chi connectivity index (χ2v) is 6.35. The second kappa shape index (κ2) is 7.99. The molecule has 0 atom stereocenters. The Bertz CT molecular complexity index is 720. The molecule has 0 spiro atoms. The van der Waals surface area contributed by atoms with Crippen LogP contribution >= 0.6 is 23.4 Å². The van der Waals surface area contributed by atoms with E-state index in [9.17, 15) is 14.9 Å². The van der Waals surface area contributed by atoms with Gasteiger partial charge in [0.1, 0.15) is 0 Å². The Morgan fingerprint density at radius 3 is 2.57 bits per heavy atom. The molecule has 2 aromatic carbocycles. The number of hydrogen-bond acceptors (Lipinski definition) is 4. The molecule has 23 heavy (non-hydrogen) atoms. The average Bonchev–Trinajstić information content (AvgIpc) is 2.51. The van der Waals surface area contributed by atoms with Crippen LogP contribution < -0.4 is 5.32 Å². The Balaban J connectivity index is 1.85. The lowest BCUT2D eigenvalue weighted by Gasteiger charge is -2.08. The number of hydrogen-bond donors (Lipinski definition) is 1. The third-order valence-corrected chi connectivity index (χ3v) is 4.37. The molecule has 0 bridgehead atoms. The quantitative estimate of drug-likeness (QED) is 0.618. The molecule has 5 nitrogen and oxygen atoms in total. The summed E-state index contributed by atoms with van der Waals surface area (Å²) in [4.78, 5) is 22.2. The van der Waals surface area contributed by atoms with Gasteiger partial charge in [0.25, 0.3) is 5.69 Å². The van der Waals surface area contributed by atoms with Gasteiger partial charge in [0.2, 0.25) is 5.91 Å². The second-order valence-electron chi connectivity index (χ2n) is 4.92. The molecule has 1 N–H and O–H groups in total. The SMILES string of the molecule is Cc1cc([N+](=O)[O-])ccc1NC(=O)CSCc1ccc(Cl)cc1. The number of nitro benzene ring substituents is 1. The Labute approximate surface area is 143 Å². The van der Waals surface area contributed by atoms with Gasteiger partial charge >= 0.3 is 0 Å². The van der Waals surface area contributed by atoms with Crippen LogP contribution in [-0.2, 0) is 10.5 Å². The zero-order chi connectivity index (χ0) is 16.8. The van der Waals surface area contributed by atoms with Crippen LogP contribution in [0.3, 0.4) is 0 Å². The van der Waals surface area contributed by atoms with Gasteiger partial charge < -0.3 is 5.32 Å². The molecule has 7 heteroatoms. The van der Waals surface area contributed by atoms with Gasteiger partial charge in [-0.25, -0.2) is 0 Å². The van der Waals surface area contributed by atoms with Gasteiger partial charge in [-0.2, -0.15) is 0 Å². The number of nitrogens with one attached hydrogen (secondary N) is 1. The molecule has 2 aromatic rings. The maximum absolute atomic E-state index is 11.9. The van der Waals surface area contributed by atoms with Gasteiger partial charge in [-0.1, -0.05) is 23.7 Å². The minimum Gasteiger partial charge on any atom is -0.325 e. The van der Waals surface area contributed by atoms with Crippen LogP contribution in [0.1, 0.15) is 11.1 Å². The first-order chi connectivity index (χ1) is 11.0. The summed E-state index contributed by atoms with van der Waals surface area (Å²) in [6, 6.07) is 11.9. The minimum absolute atomic E-state index is 0.0117. The number of nitrogens with zero attached hydrogens (tertiary/aromatic N) is 1. The molecule has 0 aliphatic carbocycles. The summed E-state index contributed by atoms with van der Waals surface area (Å²) >= 11 is 7.31. The van der Waals surface area contributed by atoms with Gasteiger partial charge in [0.15, 0.2) is 0 Å². The average molecular weight is 351 g/mol. The fourth-order valence-corrected chi connectivity index (χ4v) is 2.84. The molecule has 0 heterocycles. The zero-order valence-corrected chi connectivity index (χ0v) is 14.0. The third-order valence-electron chi connectivity index (χ3n) is 3.11. The molecule has 120 valence electrons. The highest BCUT2D eigenvalue weighted by Crippen LogP contribution is 2.22. The van der Waals surface area contributed by atoms with Crippen molar-refractivity contribution in [2.75, 3.05) is 11.1 Å². The lowest BCUT2D eigenvalue weighted by molar-refractivity contribution is -0.384. The van der Waals surface area contributed by atoms with Crippen molar-refractivity contribution in [3.8, 4) is 0 Å². The summed E-state index contributed by atoms with van der Waals surface area (Å²) < 4.78 is 0. The summed E-state index contributed by atoms with van der Waals surface area (Å²) in [7, 11) is 0. The zero-order valence-electron chi connectivity index (χ0n) is 12.4. The number of carbonyl (C=O) groups is 1. The van der Waals surface area contributed by atoms with Gasteiger partial charge in [-0.05, 0) is 36.2 Å². The van der Waals surface area contributed by atoms with Crippen LogP contribution in [0.2, 0.25) is 5.02 Å². The van der Waals surface area contributed by atoms with E-state index in [0.29, 0.717) is 27.8 Å². The molecule has 0 saturated carbocycles. The van der Waals surface area contributed by atoms with Crippen molar-refractivity contribution in [2.24, 2.45) is 0 Å². The normalized spacial score (nSPS) is 10.3. The number of anilines is 1. The number of carbonyl (C=O) groups excluding carboxylic acids is 1. The van der Waals surface area contributed by atoms with E-state index in [1.807, 2.05) is 24.3 Å². The van der Waals surface area contributed by atoms with Crippen molar-refractivity contribution >= 4 is 40.6 Å². The number of amides is 1. The molecule has 0 aromatic heterocycles. The molecule has 0 aliphatic heterocycles. The summed E-state index contributed by atoms with van der Waals surface area (Å²) in [5.41, 5.74) is 2.36. The Kier molecular flexibility index (Phi) is 6.01. The largest absolute Gasteiger partial charge is 0.325 e. The van der Waals surface area contributed by atoms with E-state index >= 15 is 0 Å². The first-order valence-electron chi connectivity index (χ1n) is 6.83. The van der Waals surface area contributed by atoms with Gasteiger partial charge in [-0.3, -0.25) is 14.9 Å². The number of non-ortho nitro benzene ring substituents is 1. The minimum atomic E-state index is -0.458. The number of rotatable bonds is 6. The van der Waals surface area contributed by atoms with Crippen molar-refractivity contribution in [1.29, 1.82) is 0 Å². The molecule has 2 rings (SSSR count). The highest BCUT2D eigenvalue weighted by molar-refractivity contribution is 7.99. The van der Waals surface area contributed by atoms with Crippen molar-refractivity contribution in [3.63, 3.8) is 0 Å². The highest BCUT2D eigenvalue weighted by Gasteiger charge is 2.10. The molecule has 0 saturated heterocycles. The molecule has 0 unspecified atom stereocenters. The highest BCUT2D eigenvalue weighted by atomic mass is 35.5. The van der Waals surface area contributed by atoms with Crippen molar-refractivity contribution in [2.45, 2.75) is 12.7 Å². The van der Waals surface area contributed by atoms with Crippen LogP contribution in [0.25, 0.3) is 0 Å². The van der Waals surface area contributed by atoms with Crippen LogP contribution in [0.5, 0.6) is 0 Å². The summed E-state index contributed by atoms with van der Waals surface area (Å²) in [6.07, 6.45) is 0. The number of halogens is 1. The predicted octanol–water partition coefficient (Wildman–Crippen LogP) is 4.43. The van der Waals surface area contributed by atoms with Crippen molar-refractivity contribution < 1.29 is 9.72 Å². The standard InChI is InChI=1S/C16H15ClN2O3S/c1-11-8-14(19(21)22)6-7-15(11)18-16(20)10-23-9-12-2-4-13(17)5-3-12/h2-8H,9-10H2,1H3,(H,18,20). The fraction of sp³-hybridized carbons (Fsp3) is 0.188. The molecule has 0 fully saturated rings. The molecule has 0 radical (unpaired) electrons. The van der Waals surface area contributed by atoms with Gasteiger partial charge in [0.05, 0.1) is 10.7 Å². The number of benzene rings is 2. The van der Waals surface area contributed by atoms with E-state index in [-0.39, 0.29) is 11.6 Å². The first-order valence-corrected chi connectivity index (χ1v) is 8.36. The third kappa shape index (κ3) is 5.26. The van der Waals surface area contributed by atoms with Gasteiger partial charge in [0, 0.05) is 28.6 Å². The van der Waals surface area contributed by atoms with Crippen LogP contribution in [0.15, 0.2) is 42.5 Å². The van der Waals surface area contributed by atoms with Gasteiger partial charge in [-0.15, -0.1) is 11.8 Å². The van der Waals surface area contributed by atoms with Crippen LogP contribution in [0, 0.1) is 17.0 Å². The van der Waals surface area contributed by atoms with Crippen LogP contribution in [0.4, 0.5) is 11.4 Å². The topological polar surface area (TPSA) is 72.2 Å². The maximum atomic E-state index is 11.9. The summed E-state index contributed by atoms with van der Waals surface area (Å²) in [5, 5.41) is 14.1. The van der Waals surface area contributed by atoms with E-state index < -0.39 is 4.92 Å². The van der Waals surface area contributed by atoms with E-state index in [0.717, 1.165) is 5.56 Å². The monoisotopic (exact) mass is 350 g/mol. The van der Waals surface area contributed by atoms with E-state index in [2.05, 4.69) is 5.32 Å². The summed E-state index contributed by atoms with van der Waals surface area (Å²) in [6.45, 7) is 1.73. The lowest BCUT2D eigenvalue weighted by atomic mass is 10.2. The Hall–Kier alpha value is -2.05. The Morgan fingerprint density at radius 2 is 1.96 bits per heavy atom. The fourth-order valence-electron chi connectivity index (χ4n) is 1.93. The molecule has 0 aliphatic rings. The maximum Gasteiger partial charge on any atom is 0.269 e. The summed E-state index contributed by atoms with van der Waals surface area (Å²) in [5.74, 6) is 0.879.